The van der Waals surface area contributed by atoms with Crippen molar-refractivity contribution in [2.24, 2.45) is 0 Å². The normalized spacial score (nSPS) is 14.5. The summed E-state index contributed by atoms with van der Waals surface area (Å²) in [6, 6.07) is 39.5. The lowest BCUT2D eigenvalue weighted by molar-refractivity contribution is -0.178. The van der Waals surface area contributed by atoms with E-state index in [9.17, 15) is 5.11 Å². The first-order valence-electron chi connectivity index (χ1n) is 13.8. The molecule has 0 spiro atoms. The molecular weight excluding hydrogens is 536 g/mol. The standard InChI is InChI=1S/C35H37ClO5/c36-22-21-33(39-24-29-15-7-2-8-16-29)35(41-26-31-19-11-4-12-20-31)34(40-25-30-17-9-3-10-18-30)32(37)27-38-23-28-13-5-1-6-14-28/h1-22,32-35,37H,23-27H2/b22-21-/t32-,33-,34-,35-/m1/s1. The molecule has 0 aliphatic heterocycles. The fourth-order valence-corrected chi connectivity index (χ4v) is 4.54. The molecule has 4 aromatic rings. The van der Waals surface area contributed by atoms with E-state index in [-0.39, 0.29) is 13.2 Å². The first-order valence-corrected chi connectivity index (χ1v) is 14.2. The largest absolute Gasteiger partial charge is 0.388 e. The van der Waals surface area contributed by atoms with Gasteiger partial charge in [0, 0.05) is 5.54 Å². The average molecular weight is 573 g/mol. The summed E-state index contributed by atoms with van der Waals surface area (Å²) < 4.78 is 25.2. The van der Waals surface area contributed by atoms with Gasteiger partial charge in [0.1, 0.15) is 24.4 Å². The molecule has 0 bridgehead atoms. The molecule has 5 nitrogen and oxygen atoms in total. The van der Waals surface area contributed by atoms with Gasteiger partial charge in [0.05, 0.1) is 33.0 Å². The quantitative estimate of drug-likeness (QED) is 0.147. The van der Waals surface area contributed by atoms with Gasteiger partial charge >= 0.3 is 0 Å². The molecule has 0 saturated heterocycles. The van der Waals surface area contributed by atoms with Gasteiger partial charge in [-0.05, 0) is 28.3 Å². The Morgan fingerprint density at radius 3 is 1.37 bits per heavy atom. The zero-order valence-electron chi connectivity index (χ0n) is 23.0. The lowest BCUT2D eigenvalue weighted by Crippen LogP contribution is -2.49. The maximum absolute atomic E-state index is 11.5. The van der Waals surface area contributed by atoms with Crippen molar-refractivity contribution in [2.75, 3.05) is 6.61 Å². The van der Waals surface area contributed by atoms with Crippen LogP contribution in [0.4, 0.5) is 0 Å². The van der Waals surface area contributed by atoms with Crippen LogP contribution in [0.1, 0.15) is 22.3 Å². The highest BCUT2D eigenvalue weighted by Crippen LogP contribution is 2.22. The summed E-state index contributed by atoms with van der Waals surface area (Å²) in [7, 11) is 0. The van der Waals surface area contributed by atoms with Crippen LogP contribution in [0.3, 0.4) is 0 Å². The monoisotopic (exact) mass is 572 g/mol. The van der Waals surface area contributed by atoms with E-state index in [4.69, 9.17) is 30.5 Å². The van der Waals surface area contributed by atoms with Crippen molar-refractivity contribution in [3.63, 3.8) is 0 Å². The number of ether oxygens (including phenoxy) is 4. The van der Waals surface area contributed by atoms with Gasteiger partial charge in [-0.1, -0.05) is 133 Å². The van der Waals surface area contributed by atoms with Crippen LogP contribution in [0.25, 0.3) is 0 Å². The summed E-state index contributed by atoms with van der Waals surface area (Å²) in [6.45, 7) is 1.34. The molecule has 0 aliphatic rings. The van der Waals surface area contributed by atoms with Gasteiger partial charge in [0.25, 0.3) is 0 Å². The Kier molecular flexibility index (Phi) is 13.1. The average Bonchev–Trinajstić information content (AvgIpc) is 3.03. The highest BCUT2D eigenvalue weighted by molar-refractivity contribution is 6.25. The van der Waals surface area contributed by atoms with Crippen molar-refractivity contribution in [3.8, 4) is 0 Å². The molecule has 4 rings (SSSR count). The van der Waals surface area contributed by atoms with E-state index >= 15 is 0 Å². The molecule has 0 unspecified atom stereocenters. The van der Waals surface area contributed by atoms with Crippen molar-refractivity contribution >= 4 is 11.6 Å². The Bertz CT molecular complexity index is 1260. The predicted molar refractivity (Wildman–Crippen MR) is 162 cm³/mol. The molecule has 41 heavy (non-hydrogen) atoms. The van der Waals surface area contributed by atoms with Crippen LogP contribution >= 0.6 is 11.6 Å². The molecule has 0 fully saturated rings. The Morgan fingerprint density at radius 2 is 0.927 bits per heavy atom. The lowest BCUT2D eigenvalue weighted by Gasteiger charge is -2.35. The lowest BCUT2D eigenvalue weighted by atomic mass is 10.0. The molecule has 0 heterocycles. The molecule has 0 aliphatic carbocycles. The van der Waals surface area contributed by atoms with Crippen LogP contribution in [-0.4, -0.2) is 36.1 Å². The van der Waals surface area contributed by atoms with E-state index in [0.29, 0.717) is 19.8 Å². The van der Waals surface area contributed by atoms with Gasteiger partial charge in [-0.3, -0.25) is 0 Å². The first kappa shape index (κ1) is 30.7. The van der Waals surface area contributed by atoms with E-state index in [1.54, 1.807) is 6.08 Å². The molecule has 4 atom stereocenters. The van der Waals surface area contributed by atoms with Gasteiger partial charge in [0.2, 0.25) is 0 Å². The van der Waals surface area contributed by atoms with Crippen molar-refractivity contribution in [1.29, 1.82) is 0 Å². The second kappa shape index (κ2) is 17.5. The number of aliphatic hydroxyl groups excluding tert-OH is 1. The van der Waals surface area contributed by atoms with Crippen molar-refractivity contribution in [3.05, 3.63) is 155 Å². The number of rotatable bonds is 17. The maximum atomic E-state index is 11.5. The Balaban J connectivity index is 1.56. The minimum absolute atomic E-state index is 0.0511. The van der Waals surface area contributed by atoms with Crippen molar-refractivity contribution in [1.82, 2.24) is 0 Å². The third-order valence-corrected chi connectivity index (χ3v) is 6.69. The fraction of sp³-hybridized carbons (Fsp3) is 0.257. The number of benzene rings is 4. The fourth-order valence-electron chi connectivity index (χ4n) is 4.40. The van der Waals surface area contributed by atoms with Crippen LogP contribution in [0.15, 0.2) is 133 Å². The highest BCUT2D eigenvalue weighted by atomic mass is 35.5. The molecule has 0 aromatic heterocycles. The third-order valence-electron chi connectivity index (χ3n) is 6.55. The molecule has 0 radical (unpaired) electrons. The van der Waals surface area contributed by atoms with Crippen molar-refractivity contribution in [2.45, 2.75) is 50.8 Å². The molecule has 1 N–H and O–H groups in total. The summed E-state index contributed by atoms with van der Waals surface area (Å²) >= 11 is 6.10. The van der Waals surface area contributed by atoms with E-state index < -0.39 is 24.4 Å². The van der Waals surface area contributed by atoms with E-state index in [1.165, 1.54) is 5.54 Å². The van der Waals surface area contributed by atoms with Gasteiger partial charge in [-0.2, -0.15) is 0 Å². The molecule has 0 amide bonds. The topological polar surface area (TPSA) is 57.2 Å². The van der Waals surface area contributed by atoms with Crippen molar-refractivity contribution < 1.29 is 24.1 Å². The number of halogens is 1. The van der Waals surface area contributed by atoms with Crippen LogP contribution < -0.4 is 0 Å². The van der Waals surface area contributed by atoms with E-state index in [1.807, 2.05) is 121 Å². The van der Waals surface area contributed by atoms with Crippen LogP contribution in [0, 0.1) is 0 Å². The first-order chi connectivity index (χ1) is 20.2. The Morgan fingerprint density at radius 1 is 0.537 bits per heavy atom. The summed E-state index contributed by atoms with van der Waals surface area (Å²) in [6.07, 6.45) is -1.37. The van der Waals surface area contributed by atoms with E-state index in [0.717, 1.165) is 22.3 Å². The minimum atomic E-state index is -1.00. The molecular formula is C35H37ClO5. The predicted octanol–water partition coefficient (Wildman–Crippen LogP) is 7.07. The van der Waals surface area contributed by atoms with Crippen LogP contribution in [0.2, 0.25) is 0 Å². The summed E-state index contributed by atoms with van der Waals surface area (Å²) in [5.41, 5.74) is 5.42. The van der Waals surface area contributed by atoms with E-state index in [2.05, 4.69) is 0 Å². The molecule has 6 heteroatoms. The maximum Gasteiger partial charge on any atom is 0.116 e. The molecule has 0 saturated carbocycles. The summed E-state index contributed by atoms with van der Waals surface area (Å²) in [5, 5.41) is 11.5. The second-order valence-electron chi connectivity index (χ2n) is 9.67. The Labute approximate surface area is 247 Å². The SMILES string of the molecule is O[C@H](COCc1ccccc1)[C@@H](OCc1ccccc1)[C@H](OCc1ccccc1)[C@@H](/C=C\Cl)OCc1ccccc1. The van der Waals surface area contributed by atoms with Gasteiger partial charge < -0.3 is 24.1 Å². The van der Waals surface area contributed by atoms with Crippen LogP contribution in [0.5, 0.6) is 0 Å². The number of hydrogen-bond acceptors (Lipinski definition) is 5. The molecule has 214 valence electrons. The smallest absolute Gasteiger partial charge is 0.116 e. The summed E-state index contributed by atoms with van der Waals surface area (Å²) in [5.74, 6) is 0. The van der Waals surface area contributed by atoms with Gasteiger partial charge in [-0.25, -0.2) is 0 Å². The minimum Gasteiger partial charge on any atom is -0.388 e. The highest BCUT2D eigenvalue weighted by Gasteiger charge is 2.36. The zero-order chi connectivity index (χ0) is 28.5. The third kappa shape index (κ3) is 10.6. The van der Waals surface area contributed by atoms with Gasteiger partial charge in [-0.15, -0.1) is 0 Å². The Hall–Kier alpha value is -3.29. The number of hydrogen-bond donors (Lipinski definition) is 1. The summed E-state index contributed by atoms with van der Waals surface area (Å²) in [4.78, 5) is 0. The van der Waals surface area contributed by atoms with Gasteiger partial charge in [0.15, 0.2) is 0 Å². The zero-order valence-corrected chi connectivity index (χ0v) is 23.8. The number of aliphatic hydroxyl groups is 1. The molecule has 4 aromatic carbocycles. The second-order valence-corrected chi connectivity index (χ2v) is 9.92. The van der Waals surface area contributed by atoms with Crippen LogP contribution in [-0.2, 0) is 45.4 Å².